The van der Waals surface area contributed by atoms with Crippen LogP contribution in [0.4, 0.5) is 4.39 Å². The predicted octanol–water partition coefficient (Wildman–Crippen LogP) is 5.20. The number of methoxy groups -OCH3 is 1. The van der Waals surface area contributed by atoms with Crippen molar-refractivity contribution in [2.24, 2.45) is 10.7 Å². The molecule has 0 fully saturated rings. The van der Waals surface area contributed by atoms with E-state index in [1.54, 1.807) is 38.6 Å². The standard InChI is InChI=1S/C29H31FN6O3/c1-17-10-19(12-27(37)35-20(14-31)15-33-29(2,3)4)23(30)13-26(17)39-25-8-9-32-24-7-6-18(11-21(24)25)22-16-34-36-28(22)38-5/h6-11,13-16H,12,31H2,1-5H3,(H,34,36)(H,35,37)/b20-14+,33-15?. The fourth-order valence-corrected chi connectivity index (χ4v) is 3.86. The number of pyridine rings is 1. The minimum atomic E-state index is -0.561. The summed E-state index contributed by atoms with van der Waals surface area (Å²) in [5, 5.41) is 10.3. The summed E-state index contributed by atoms with van der Waals surface area (Å²) in [7, 11) is 1.56. The maximum absolute atomic E-state index is 15.1. The zero-order chi connectivity index (χ0) is 28.2. The van der Waals surface area contributed by atoms with Gasteiger partial charge in [0.25, 0.3) is 0 Å². The fourth-order valence-electron chi connectivity index (χ4n) is 3.86. The highest BCUT2D eigenvalue weighted by molar-refractivity contribution is 5.90. The number of halogens is 1. The quantitative estimate of drug-likeness (QED) is 0.269. The molecule has 0 aliphatic rings. The number of aryl methyl sites for hydroxylation is 1. The molecule has 0 bridgehead atoms. The number of aromatic amines is 1. The Labute approximate surface area is 226 Å². The van der Waals surface area contributed by atoms with E-state index >= 15 is 4.39 Å². The first-order valence-electron chi connectivity index (χ1n) is 12.3. The zero-order valence-electron chi connectivity index (χ0n) is 22.5. The molecule has 2 heterocycles. The lowest BCUT2D eigenvalue weighted by Gasteiger charge is -2.14. The van der Waals surface area contributed by atoms with Crippen molar-refractivity contribution in [1.29, 1.82) is 0 Å². The van der Waals surface area contributed by atoms with Crippen molar-refractivity contribution in [3.8, 4) is 28.5 Å². The van der Waals surface area contributed by atoms with Crippen LogP contribution in [-0.2, 0) is 11.2 Å². The summed E-state index contributed by atoms with van der Waals surface area (Å²) in [6.07, 6.45) is 5.87. The summed E-state index contributed by atoms with van der Waals surface area (Å²) in [6.45, 7) is 7.56. The molecule has 0 radical (unpaired) electrons. The smallest absolute Gasteiger partial charge is 0.228 e. The number of rotatable bonds is 8. The minimum absolute atomic E-state index is 0.179. The second kappa shape index (κ2) is 11.3. The molecule has 4 aromatic rings. The van der Waals surface area contributed by atoms with Crippen molar-refractivity contribution in [3.05, 3.63) is 77.6 Å². The lowest BCUT2D eigenvalue weighted by molar-refractivity contribution is -0.119. The number of H-pyrrole nitrogens is 1. The van der Waals surface area contributed by atoms with Gasteiger partial charge in [0.05, 0.1) is 42.0 Å². The third-order valence-electron chi connectivity index (χ3n) is 5.79. The van der Waals surface area contributed by atoms with Gasteiger partial charge < -0.3 is 20.5 Å². The van der Waals surface area contributed by atoms with Crippen molar-refractivity contribution in [3.63, 3.8) is 0 Å². The molecule has 2 aromatic carbocycles. The summed E-state index contributed by atoms with van der Waals surface area (Å²) in [5.74, 6) is 0.396. The van der Waals surface area contributed by atoms with Gasteiger partial charge in [-0.2, -0.15) is 5.10 Å². The van der Waals surface area contributed by atoms with Crippen LogP contribution >= 0.6 is 0 Å². The van der Waals surface area contributed by atoms with Gasteiger partial charge in [-0.15, -0.1) is 0 Å². The highest BCUT2D eigenvalue weighted by atomic mass is 19.1. The number of allylic oxidation sites excluding steroid dienone is 1. The average molecular weight is 531 g/mol. The molecule has 10 heteroatoms. The Morgan fingerprint density at radius 2 is 2.00 bits per heavy atom. The highest BCUT2D eigenvalue weighted by Crippen LogP contribution is 2.36. The van der Waals surface area contributed by atoms with E-state index in [1.807, 2.05) is 39.0 Å². The summed E-state index contributed by atoms with van der Waals surface area (Å²) >= 11 is 0. The summed E-state index contributed by atoms with van der Waals surface area (Å²) in [4.78, 5) is 21.3. The minimum Gasteiger partial charge on any atom is -0.481 e. The van der Waals surface area contributed by atoms with Gasteiger partial charge in [0.15, 0.2) is 0 Å². The van der Waals surface area contributed by atoms with Crippen LogP contribution in [0.3, 0.4) is 0 Å². The predicted molar refractivity (Wildman–Crippen MR) is 149 cm³/mol. The Balaban J connectivity index is 1.56. The number of hydrogen-bond donors (Lipinski definition) is 3. The fraction of sp³-hybridized carbons (Fsp3) is 0.241. The van der Waals surface area contributed by atoms with Gasteiger partial charge in [-0.25, -0.2) is 9.49 Å². The van der Waals surface area contributed by atoms with Gasteiger partial charge in [0.1, 0.15) is 17.3 Å². The Morgan fingerprint density at radius 3 is 2.72 bits per heavy atom. The van der Waals surface area contributed by atoms with Crippen molar-refractivity contribution >= 4 is 23.0 Å². The third kappa shape index (κ3) is 6.59. The number of fused-ring (bicyclic) bond motifs is 1. The summed E-state index contributed by atoms with van der Waals surface area (Å²) < 4.78 is 26.6. The Hall–Kier alpha value is -4.73. The molecule has 202 valence electrons. The van der Waals surface area contributed by atoms with Gasteiger partial charge in [-0.1, -0.05) is 6.07 Å². The van der Waals surface area contributed by atoms with Crippen LogP contribution in [0.25, 0.3) is 22.0 Å². The van der Waals surface area contributed by atoms with Gasteiger partial charge in [0, 0.05) is 30.1 Å². The average Bonchev–Trinajstić information content (AvgIpc) is 3.38. The van der Waals surface area contributed by atoms with Crippen LogP contribution in [0.2, 0.25) is 0 Å². The molecule has 0 aliphatic carbocycles. The van der Waals surface area contributed by atoms with Crippen LogP contribution in [-0.4, -0.2) is 40.0 Å². The van der Waals surface area contributed by atoms with E-state index in [-0.39, 0.29) is 17.5 Å². The molecule has 2 aromatic heterocycles. The first kappa shape index (κ1) is 27.3. The molecule has 4 N–H and O–H groups in total. The van der Waals surface area contributed by atoms with Gasteiger partial charge >= 0.3 is 0 Å². The van der Waals surface area contributed by atoms with Crippen molar-refractivity contribution < 1.29 is 18.7 Å². The molecule has 0 unspecified atom stereocenters. The maximum atomic E-state index is 15.1. The molecule has 0 atom stereocenters. The van der Waals surface area contributed by atoms with E-state index in [1.165, 1.54) is 18.5 Å². The van der Waals surface area contributed by atoms with Crippen LogP contribution in [0.1, 0.15) is 31.9 Å². The molecular formula is C29H31FN6O3. The SMILES string of the molecule is COc1[nH]ncc1-c1ccc2nccc(Oc3cc(F)c(CC(=O)N/C(C=NC(C)(C)C)=C/N)cc3C)c2c1. The highest BCUT2D eigenvalue weighted by Gasteiger charge is 2.16. The molecule has 9 nitrogen and oxygen atoms in total. The number of carbonyl (C=O) groups is 1. The summed E-state index contributed by atoms with van der Waals surface area (Å²) in [6, 6.07) is 10.3. The number of amides is 1. The second-order valence-corrected chi connectivity index (χ2v) is 9.95. The number of aromatic nitrogens is 3. The first-order chi connectivity index (χ1) is 18.6. The molecule has 1 amide bonds. The molecule has 0 saturated carbocycles. The number of ether oxygens (including phenoxy) is 2. The number of nitrogens with one attached hydrogen (secondary N) is 2. The van der Waals surface area contributed by atoms with E-state index in [2.05, 4.69) is 25.5 Å². The van der Waals surface area contributed by atoms with Crippen LogP contribution < -0.4 is 20.5 Å². The molecule has 4 rings (SSSR count). The van der Waals surface area contributed by atoms with Crippen molar-refractivity contribution in [2.45, 2.75) is 39.7 Å². The number of nitrogens with two attached hydrogens (primary N) is 1. The van der Waals surface area contributed by atoms with Crippen LogP contribution in [0.5, 0.6) is 17.4 Å². The maximum Gasteiger partial charge on any atom is 0.228 e. The van der Waals surface area contributed by atoms with Crippen LogP contribution in [0, 0.1) is 12.7 Å². The largest absolute Gasteiger partial charge is 0.481 e. The van der Waals surface area contributed by atoms with Crippen molar-refractivity contribution in [1.82, 2.24) is 20.5 Å². The number of hydrogen-bond acceptors (Lipinski definition) is 7. The van der Waals surface area contributed by atoms with Crippen molar-refractivity contribution in [2.75, 3.05) is 7.11 Å². The Kier molecular flexibility index (Phi) is 7.94. The Bertz CT molecular complexity index is 1570. The number of benzene rings is 2. The molecule has 0 saturated heterocycles. The first-order valence-corrected chi connectivity index (χ1v) is 12.3. The topological polar surface area (TPSA) is 128 Å². The summed E-state index contributed by atoms with van der Waals surface area (Å²) in [5.41, 5.74) is 8.87. The normalized spacial score (nSPS) is 12.2. The third-order valence-corrected chi connectivity index (χ3v) is 5.79. The lowest BCUT2D eigenvalue weighted by atomic mass is 10.0. The van der Waals surface area contributed by atoms with E-state index in [9.17, 15) is 4.79 Å². The number of carbonyl (C=O) groups excluding carboxylic acids is 1. The molecule has 0 spiro atoms. The van der Waals surface area contributed by atoms with Gasteiger partial charge in [0.2, 0.25) is 11.8 Å². The van der Waals surface area contributed by atoms with E-state index in [0.717, 1.165) is 16.5 Å². The van der Waals surface area contributed by atoms with Gasteiger partial charge in [-0.3, -0.25) is 14.8 Å². The Morgan fingerprint density at radius 1 is 1.21 bits per heavy atom. The van der Waals surface area contributed by atoms with E-state index < -0.39 is 11.7 Å². The zero-order valence-corrected chi connectivity index (χ0v) is 22.5. The molecular weight excluding hydrogens is 499 g/mol. The van der Waals surface area contributed by atoms with E-state index in [4.69, 9.17) is 15.2 Å². The number of nitrogens with zero attached hydrogens (tertiary/aromatic N) is 3. The molecule has 0 aliphatic heterocycles. The van der Waals surface area contributed by atoms with E-state index in [0.29, 0.717) is 34.2 Å². The number of aliphatic imine (C=N–C) groups is 1. The lowest BCUT2D eigenvalue weighted by Crippen LogP contribution is -2.27. The molecule has 39 heavy (non-hydrogen) atoms. The van der Waals surface area contributed by atoms with Crippen LogP contribution in [0.15, 0.2) is 65.7 Å². The van der Waals surface area contributed by atoms with Gasteiger partial charge in [-0.05, 0) is 68.7 Å². The monoisotopic (exact) mass is 530 g/mol. The second-order valence-electron chi connectivity index (χ2n) is 9.95.